The lowest BCUT2D eigenvalue weighted by Gasteiger charge is -2.33. The number of aromatic nitrogens is 2. The number of nitrogens with zero attached hydrogens (tertiary/aromatic N) is 3. The van der Waals surface area contributed by atoms with Gasteiger partial charge in [-0.25, -0.2) is 4.79 Å². The third-order valence-electron chi connectivity index (χ3n) is 2.09. The first-order valence-electron chi connectivity index (χ1n) is 5.14. The average molecular weight is 259 g/mol. The predicted octanol–water partition coefficient (Wildman–Crippen LogP) is 1.31. The van der Waals surface area contributed by atoms with Gasteiger partial charge in [0.2, 0.25) is 10.3 Å². The normalized spacial score (nSPS) is 11.2. The van der Waals surface area contributed by atoms with Crippen LogP contribution in [0.25, 0.3) is 0 Å². The Bertz CT molecular complexity index is 387. The molecule has 1 rings (SSSR count). The van der Waals surface area contributed by atoms with Crippen molar-refractivity contribution in [1.82, 2.24) is 15.1 Å². The summed E-state index contributed by atoms with van der Waals surface area (Å²) in [6.07, 6.45) is -0.934. The Morgan fingerprint density at radius 1 is 1.53 bits per heavy atom. The molecule has 0 aliphatic rings. The lowest BCUT2D eigenvalue weighted by atomic mass is 10.1. The number of hydrogen-bond donors (Lipinski definition) is 3. The van der Waals surface area contributed by atoms with E-state index in [9.17, 15) is 4.79 Å². The van der Waals surface area contributed by atoms with Gasteiger partial charge in [-0.1, -0.05) is 11.3 Å². The standard InChI is InChI=1S/C9H17N5O2S/c1-9(2,3)14(8(15)16)5-4-11-7-13-12-6(10)17-7/h4-5H2,1-3H3,(H2,10,12)(H,11,13)(H,15,16). The monoisotopic (exact) mass is 259 g/mol. The summed E-state index contributed by atoms with van der Waals surface area (Å²) in [7, 11) is 0. The first-order chi connectivity index (χ1) is 7.80. The average Bonchev–Trinajstić information content (AvgIpc) is 2.56. The molecule has 4 N–H and O–H groups in total. The zero-order valence-corrected chi connectivity index (χ0v) is 10.9. The highest BCUT2D eigenvalue weighted by atomic mass is 32.1. The minimum absolute atomic E-state index is 0.373. The first kappa shape index (κ1) is 13.5. The molecule has 0 bridgehead atoms. The van der Waals surface area contributed by atoms with Crippen molar-refractivity contribution >= 4 is 27.7 Å². The van der Waals surface area contributed by atoms with E-state index >= 15 is 0 Å². The molecule has 7 nitrogen and oxygen atoms in total. The third kappa shape index (κ3) is 4.06. The maximum absolute atomic E-state index is 11.0. The summed E-state index contributed by atoms with van der Waals surface area (Å²) in [5, 5.41) is 20.5. The van der Waals surface area contributed by atoms with Crippen LogP contribution in [0.2, 0.25) is 0 Å². The Morgan fingerprint density at radius 3 is 2.59 bits per heavy atom. The van der Waals surface area contributed by atoms with Crippen molar-refractivity contribution in [2.24, 2.45) is 0 Å². The van der Waals surface area contributed by atoms with Crippen LogP contribution in [-0.2, 0) is 0 Å². The van der Waals surface area contributed by atoms with Crippen molar-refractivity contribution in [3.63, 3.8) is 0 Å². The maximum atomic E-state index is 11.0. The van der Waals surface area contributed by atoms with E-state index in [4.69, 9.17) is 10.8 Å². The van der Waals surface area contributed by atoms with Crippen LogP contribution in [0.15, 0.2) is 0 Å². The quantitative estimate of drug-likeness (QED) is 0.753. The van der Waals surface area contributed by atoms with Crippen molar-refractivity contribution in [3.8, 4) is 0 Å². The van der Waals surface area contributed by atoms with Gasteiger partial charge in [0.05, 0.1) is 0 Å². The second kappa shape index (κ2) is 5.17. The zero-order chi connectivity index (χ0) is 13.1. The Labute approximate surface area is 104 Å². The van der Waals surface area contributed by atoms with Gasteiger partial charge in [-0.2, -0.15) is 0 Å². The van der Waals surface area contributed by atoms with Crippen molar-refractivity contribution in [1.29, 1.82) is 0 Å². The van der Waals surface area contributed by atoms with Crippen molar-refractivity contribution in [3.05, 3.63) is 0 Å². The molecule has 0 radical (unpaired) electrons. The van der Waals surface area contributed by atoms with E-state index in [0.717, 1.165) is 0 Å². The molecule has 17 heavy (non-hydrogen) atoms. The molecule has 8 heteroatoms. The van der Waals surface area contributed by atoms with Gasteiger partial charge in [-0.15, -0.1) is 10.2 Å². The molecular formula is C9H17N5O2S. The number of nitrogen functional groups attached to an aromatic ring is 1. The lowest BCUT2D eigenvalue weighted by molar-refractivity contribution is 0.103. The molecule has 0 aliphatic carbocycles. The first-order valence-corrected chi connectivity index (χ1v) is 5.96. The third-order valence-corrected chi connectivity index (χ3v) is 2.80. The van der Waals surface area contributed by atoms with Gasteiger partial charge in [0.25, 0.3) is 0 Å². The number of nitrogens with one attached hydrogen (secondary N) is 1. The number of nitrogens with two attached hydrogens (primary N) is 1. The van der Waals surface area contributed by atoms with E-state index in [-0.39, 0.29) is 0 Å². The Morgan fingerprint density at radius 2 is 2.18 bits per heavy atom. The van der Waals surface area contributed by atoms with Gasteiger partial charge in [0.15, 0.2) is 0 Å². The van der Waals surface area contributed by atoms with Crippen LogP contribution in [0.5, 0.6) is 0 Å². The van der Waals surface area contributed by atoms with Crippen molar-refractivity contribution in [2.45, 2.75) is 26.3 Å². The molecule has 0 saturated carbocycles. The molecule has 1 heterocycles. The Hall–Kier alpha value is -1.57. The van der Waals surface area contributed by atoms with Gasteiger partial charge in [-0.3, -0.25) is 0 Å². The minimum atomic E-state index is -0.934. The predicted molar refractivity (Wildman–Crippen MR) is 67.3 cm³/mol. The molecule has 0 saturated heterocycles. The molecule has 0 aromatic carbocycles. The fourth-order valence-electron chi connectivity index (χ4n) is 1.30. The fraction of sp³-hybridized carbons (Fsp3) is 0.667. The molecule has 1 amide bonds. The molecule has 0 fully saturated rings. The van der Waals surface area contributed by atoms with Crippen LogP contribution in [0.1, 0.15) is 20.8 Å². The topological polar surface area (TPSA) is 104 Å². The van der Waals surface area contributed by atoms with Crippen molar-refractivity contribution < 1.29 is 9.90 Å². The molecule has 0 spiro atoms. The summed E-state index contributed by atoms with van der Waals surface area (Å²) >= 11 is 1.23. The second-order valence-corrected chi connectivity index (χ2v) is 5.49. The highest BCUT2D eigenvalue weighted by Crippen LogP contribution is 2.17. The Kier molecular flexibility index (Phi) is 4.11. The number of carbonyl (C=O) groups is 1. The van der Waals surface area contributed by atoms with E-state index < -0.39 is 11.6 Å². The van der Waals surface area contributed by atoms with E-state index in [2.05, 4.69) is 15.5 Å². The van der Waals surface area contributed by atoms with E-state index in [1.54, 1.807) is 0 Å². The van der Waals surface area contributed by atoms with E-state index in [1.807, 2.05) is 20.8 Å². The number of anilines is 2. The van der Waals surface area contributed by atoms with Gasteiger partial charge in [0, 0.05) is 18.6 Å². The summed E-state index contributed by atoms with van der Waals surface area (Å²) in [5.41, 5.74) is 5.01. The molecular weight excluding hydrogens is 242 g/mol. The summed E-state index contributed by atoms with van der Waals surface area (Å²) in [5.74, 6) is 0. The van der Waals surface area contributed by atoms with Crippen LogP contribution in [-0.4, -0.2) is 44.9 Å². The Balaban J connectivity index is 2.46. The van der Waals surface area contributed by atoms with Crippen LogP contribution in [0.4, 0.5) is 15.1 Å². The molecule has 0 atom stereocenters. The van der Waals surface area contributed by atoms with Crippen LogP contribution in [0, 0.1) is 0 Å². The maximum Gasteiger partial charge on any atom is 0.407 e. The highest BCUT2D eigenvalue weighted by molar-refractivity contribution is 7.18. The molecule has 1 aromatic heterocycles. The van der Waals surface area contributed by atoms with Crippen molar-refractivity contribution in [2.75, 3.05) is 24.1 Å². The van der Waals surface area contributed by atoms with Crippen LogP contribution < -0.4 is 11.1 Å². The van der Waals surface area contributed by atoms with E-state index in [0.29, 0.717) is 23.4 Å². The molecule has 1 aromatic rings. The summed E-state index contributed by atoms with van der Waals surface area (Å²) in [6, 6.07) is 0. The summed E-state index contributed by atoms with van der Waals surface area (Å²) in [6.45, 7) is 6.40. The summed E-state index contributed by atoms with van der Waals surface area (Å²) < 4.78 is 0. The van der Waals surface area contributed by atoms with Gasteiger partial charge < -0.3 is 21.1 Å². The summed E-state index contributed by atoms with van der Waals surface area (Å²) in [4.78, 5) is 12.4. The molecule has 0 unspecified atom stereocenters. The second-order valence-electron chi connectivity index (χ2n) is 4.48. The van der Waals surface area contributed by atoms with Crippen LogP contribution >= 0.6 is 11.3 Å². The number of hydrogen-bond acceptors (Lipinski definition) is 6. The van der Waals surface area contributed by atoms with E-state index in [1.165, 1.54) is 16.2 Å². The minimum Gasteiger partial charge on any atom is -0.465 e. The van der Waals surface area contributed by atoms with Gasteiger partial charge in [0.1, 0.15) is 0 Å². The lowest BCUT2D eigenvalue weighted by Crippen LogP contribution is -2.47. The van der Waals surface area contributed by atoms with Gasteiger partial charge >= 0.3 is 6.09 Å². The molecule has 0 aliphatic heterocycles. The highest BCUT2D eigenvalue weighted by Gasteiger charge is 2.25. The van der Waals surface area contributed by atoms with Gasteiger partial charge in [-0.05, 0) is 20.8 Å². The number of rotatable bonds is 4. The fourth-order valence-corrected chi connectivity index (χ4v) is 1.83. The number of amides is 1. The smallest absolute Gasteiger partial charge is 0.407 e. The van der Waals surface area contributed by atoms with Crippen LogP contribution in [0.3, 0.4) is 0 Å². The molecule has 96 valence electrons. The number of carboxylic acid groups (broad SMARTS) is 1. The largest absolute Gasteiger partial charge is 0.465 e. The SMILES string of the molecule is CC(C)(C)N(CCNc1nnc(N)s1)C(=O)O. The zero-order valence-electron chi connectivity index (χ0n) is 10.1.